The van der Waals surface area contributed by atoms with Crippen molar-refractivity contribution in [1.29, 1.82) is 0 Å². The number of aromatic amines is 1. The highest BCUT2D eigenvalue weighted by molar-refractivity contribution is 7.92. The van der Waals surface area contributed by atoms with Crippen LogP contribution in [0.2, 0.25) is 0 Å². The van der Waals surface area contributed by atoms with Crippen molar-refractivity contribution in [2.45, 2.75) is 31.1 Å². The topological polar surface area (TPSA) is 105 Å². The first-order chi connectivity index (χ1) is 10.5. The van der Waals surface area contributed by atoms with Gasteiger partial charge in [-0.25, -0.2) is 13.1 Å². The Labute approximate surface area is 127 Å². The van der Waals surface area contributed by atoms with Gasteiger partial charge in [0.2, 0.25) is 0 Å². The summed E-state index contributed by atoms with van der Waals surface area (Å²) in [5, 5.41) is 10.2. The molecule has 0 radical (unpaired) electrons. The van der Waals surface area contributed by atoms with E-state index in [2.05, 4.69) is 38.8 Å². The van der Waals surface area contributed by atoms with Crippen LogP contribution in [-0.2, 0) is 10.0 Å². The maximum absolute atomic E-state index is 12.4. The molecule has 116 valence electrons. The van der Waals surface area contributed by atoms with Gasteiger partial charge in [-0.05, 0) is 30.0 Å². The smallest absolute Gasteiger partial charge is 0.273 e. The van der Waals surface area contributed by atoms with Crippen molar-refractivity contribution in [3.63, 3.8) is 0 Å². The Morgan fingerprint density at radius 1 is 1.27 bits per heavy atom. The molecular weight excluding hydrogens is 304 g/mol. The molecule has 0 bridgehead atoms. The van der Waals surface area contributed by atoms with E-state index in [1.54, 1.807) is 12.1 Å². The van der Waals surface area contributed by atoms with Gasteiger partial charge in [0.1, 0.15) is 6.33 Å². The van der Waals surface area contributed by atoms with E-state index in [9.17, 15) is 8.42 Å². The molecule has 3 rings (SSSR count). The Kier molecular flexibility index (Phi) is 3.57. The third-order valence-corrected chi connectivity index (χ3v) is 4.95. The number of aromatic nitrogens is 5. The zero-order chi connectivity index (χ0) is 15.7. The standard InChI is InChI=1S/C13H16N6O2S/c1-3-9(2)10-4-6-11(7-5-10)22(20,21)18-13-17-16-12-14-8-15-19(12)13/h4-9H,3H2,1-2H3,(H,17,18)(H,14,15,16). The molecule has 0 aliphatic rings. The molecule has 0 aliphatic heterocycles. The van der Waals surface area contributed by atoms with Gasteiger partial charge in [-0.1, -0.05) is 26.0 Å². The molecule has 0 saturated heterocycles. The summed E-state index contributed by atoms with van der Waals surface area (Å²) in [6.07, 6.45) is 2.41. The second-order valence-corrected chi connectivity index (χ2v) is 6.71. The van der Waals surface area contributed by atoms with Crippen molar-refractivity contribution in [3.8, 4) is 0 Å². The Balaban J connectivity index is 1.88. The molecule has 0 amide bonds. The summed E-state index contributed by atoms with van der Waals surface area (Å²) < 4.78 is 28.5. The second-order valence-electron chi connectivity index (χ2n) is 5.03. The molecule has 3 aromatic rings. The van der Waals surface area contributed by atoms with Crippen molar-refractivity contribution in [2.24, 2.45) is 0 Å². The molecule has 1 aromatic carbocycles. The van der Waals surface area contributed by atoms with E-state index >= 15 is 0 Å². The van der Waals surface area contributed by atoms with Gasteiger partial charge in [0.25, 0.3) is 21.7 Å². The Morgan fingerprint density at radius 3 is 2.68 bits per heavy atom. The molecular formula is C13H16N6O2S. The average Bonchev–Trinajstić information content (AvgIpc) is 3.11. The van der Waals surface area contributed by atoms with Gasteiger partial charge in [-0.2, -0.15) is 9.50 Å². The first kappa shape index (κ1) is 14.5. The Hall–Kier alpha value is -2.42. The Bertz CT molecular complexity index is 881. The van der Waals surface area contributed by atoms with Crippen molar-refractivity contribution >= 4 is 21.7 Å². The third-order valence-electron chi connectivity index (χ3n) is 3.61. The summed E-state index contributed by atoms with van der Waals surface area (Å²) in [5.74, 6) is 0.758. The van der Waals surface area contributed by atoms with Gasteiger partial charge >= 0.3 is 0 Å². The molecule has 0 fully saturated rings. The number of hydrogen-bond donors (Lipinski definition) is 2. The van der Waals surface area contributed by atoms with Crippen molar-refractivity contribution in [1.82, 2.24) is 24.8 Å². The highest BCUT2D eigenvalue weighted by Crippen LogP contribution is 2.21. The van der Waals surface area contributed by atoms with Crippen LogP contribution < -0.4 is 4.72 Å². The molecule has 0 saturated carbocycles. The summed E-state index contributed by atoms with van der Waals surface area (Å²) >= 11 is 0. The molecule has 1 unspecified atom stereocenters. The second kappa shape index (κ2) is 5.41. The number of sulfonamides is 1. The van der Waals surface area contributed by atoms with Crippen LogP contribution in [0.4, 0.5) is 5.95 Å². The molecule has 0 spiro atoms. The summed E-state index contributed by atoms with van der Waals surface area (Å²) in [5.41, 5.74) is 1.11. The van der Waals surface area contributed by atoms with E-state index in [-0.39, 0.29) is 10.8 Å². The van der Waals surface area contributed by atoms with Gasteiger partial charge in [0, 0.05) is 0 Å². The van der Waals surface area contributed by atoms with Crippen LogP contribution in [0.1, 0.15) is 31.7 Å². The predicted octanol–water partition coefficient (Wildman–Crippen LogP) is 1.77. The lowest BCUT2D eigenvalue weighted by atomic mass is 9.99. The Morgan fingerprint density at radius 2 is 2.00 bits per heavy atom. The number of H-pyrrole nitrogens is 1. The van der Waals surface area contributed by atoms with Gasteiger partial charge in [-0.15, -0.1) is 10.2 Å². The minimum absolute atomic E-state index is 0.0681. The fourth-order valence-electron chi connectivity index (χ4n) is 2.08. The van der Waals surface area contributed by atoms with Crippen LogP contribution in [-0.4, -0.2) is 33.2 Å². The number of hydrogen-bond acceptors (Lipinski definition) is 5. The van der Waals surface area contributed by atoms with Gasteiger partial charge < -0.3 is 0 Å². The molecule has 22 heavy (non-hydrogen) atoms. The lowest BCUT2D eigenvalue weighted by Crippen LogP contribution is -2.15. The quantitative estimate of drug-likeness (QED) is 0.745. The summed E-state index contributed by atoms with van der Waals surface area (Å²) in [7, 11) is -3.72. The fourth-order valence-corrected chi connectivity index (χ4v) is 3.06. The largest absolute Gasteiger partial charge is 0.278 e. The number of nitrogens with one attached hydrogen (secondary N) is 2. The minimum Gasteiger partial charge on any atom is -0.278 e. The zero-order valence-electron chi connectivity index (χ0n) is 12.2. The molecule has 0 aliphatic carbocycles. The van der Waals surface area contributed by atoms with Crippen LogP contribution >= 0.6 is 0 Å². The van der Waals surface area contributed by atoms with E-state index < -0.39 is 10.0 Å². The van der Waals surface area contributed by atoms with Crippen LogP contribution in [0, 0.1) is 0 Å². The van der Waals surface area contributed by atoms with Gasteiger partial charge in [0.15, 0.2) is 0 Å². The summed E-state index contributed by atoms with van der Waals surface area (Å²) in [6, 6.07) is 6.85. The van der Waals surface area contributed by atoms with Crippen LogP contribution in [0.25, 0.3) is 5.78 Å². The predicted molar refractivity (Wildman–Crippen MR) is 81.1 cm³/mol. The highest BCUT2D eigenvalue weighted by Gasteiger charge is 2.18. The number of fused-ring (bicyclic) bond motifs is 1. The SMILES string of the molecule is CCC(C)c1ccc(S(=O)(=O)Nc2nnc3nc[nH]n23)cc1. The van der Waals surface area contributed by atoms with E-state index in [0.29, 0.717) is 11.7 Å². The van der Waals surface area contributed by atoms with E-state index in [1.165, 1.54) is 10.8 Å². The molecule has 2 aromatic heterocycles. The number of anilines is 1. The minimum atomic E-state index is -3.72. The first-order valence-electron chi connectivity index (χ1n) is 6.88. The summed E-state index contributed by atoms with van der Waals surface area (Å²) in [6.45, 7) is 4.20. The fraction of sp³-hybridized carbons (Fsp3) is 0.308. The van der Waals surface area contributed by atoms with Gasteiger partial charge in [-0.3, -0.25) is 5.10 Å². The number of nitrogens with zero attached hydrogens (tertiary/aromatic N) is 4. The van der Waals surface area contributed by atoms with Crippen molar-refractivity contribution in [2.75, 3.05) is 4.72 Å². The molecule has 2 heterocycles. The van der Waals surface area contributed by atoms with Crippen molar-refractivity contribution < 1.29 is 8.42 Å². The third kappa shape index (κ3) is 2.54. The molecule has 1 atom stereocenters. The number of benzene rings is 1. The molecule has 2 N–H and O–H groups in total. The number of rotatable bonds is 5. The first-order valence-corrected chi connectivity index (χ1v) is 8.37. The monoisotopic (exact) mass is 320 g/mol. The average molecular weight is 320 g/mol. The normalized spacial score (nSPS) is 13.4. The van der Waals surface area contributed by atoms with Crippen LogP contribution in [0.15, 0.2) is 35.5 Å². The maximum Gasteiger partial charge on any atom is 0.273 e. The van der Waals surface area contributed by atoms with Crippen molar-refractivity contribution in [3.05, 3.63) is 36.2 Å². The maximum atomic E-state index is 12.4. The van der Waals surface area contributed by atoms with Crippen LogP contribution in [0.5, 0.6) is 0 Å². The molecule has 8 nitrogen and oxygen atoms in total. The lowest BCUT2D eigenvalue weighted by molar-refractivity contribution is 0.600. The van der Waals surface area contributed by atoms with E-state index in [4.69, 9.17) is 0 Å². The van der Waals surface area contributed by atoms with Crippen LogP contribution in [0.3, 0.4) is 0 Å². The van der Waals surface area contributed by atoms with E-state index in [1.807, 2.05) is 12.1 Å². The summed E-state index contributed by atoms with van der Waals surface area (Å²) in [4.78, 5) is 4.06. The highest BCUT2D eigenvalue weighted by atomic mass is 32.2. The zero-order valence-corrected chi connectivity index (χ0v) is 13.0. The van der Waals surface area contributed by atoms with E-state index in [0.717, 1.165) is 12.0 Å². The molecule has 9 heteroatoms. The van der Waals surface area contributed by atoms with Gasteiger partial charge in [0.05, 0.1) is 4.90 Å². The lowest BCUT2D eigenvalue weighted by Gasteiger charge is -2.10.